The normalized spacial score (nSPS) is 11.9. The molecule has 1 aromatic heterocycles. The third kappa shape index (κ3) is 5.43. The zero-order valence-electron chi connectivity index (χ0n) is 19.0. The fourth-order valence-electron chi connectivity index (χ4n) is 3.13. The number of halogens is 1. The highest BCUT2D eigenvalue weighted by molar-refractivity contribution is 7.14. The predicted octanol–water partition coefficient (Wildman–Crippen LogP) is 6.01. The molecule has 1 heterocycles. The number of nitrogens with zero attached hydrogens (tertiary/aromatic N) is 1. The molecule has 0 atom stereocenters. The van der Waals surface area contributed by atoms with Crippen LogP contribution in [0.5, 0.6) is 5.75 Å². The number of carbonyl (C=O) groups excluding carboxylic acids is 2. The summed E-state index contributed by atoms with van der Waals surface area (Å²) in [5, 5.41) is 16.8. The van der Waals surface area contributed by atoms with Gasteiger partial charge in [-0.2, -0.15) is 5.10 Å². The second kappa shape index (κ2) is 9.77. The third-order valence-corrected chi connectivity index (χ3v) is 6.46. The average Bonchev–Trinajstić information content (AvgIpc) is 3.17. The van der Waals surface area contributed by atoms with Gasteiger partial charge in [-0.25, -0.2) is 10.2 Å². The molecule has 0 saturated heterocycles. The van der Waals surface area contributed by atoms with Gasteiger partial charge in [0.25, 0.3) is 5.91 Å². The van der Waals surface area contributed by atoms with Crippen molar-refractivity contribution in [1.29, 1.82) is 0 Å². The van der Waals surface area contributed by atoms with Crippen LogP contribution in [0.1, 0.15) is 59.5 Å². The van der Waals surface area contributed by atoms with E-state index in [1.165, 1.54) is 42.2 Å². The van der Waals surface area contributed by atoms with Gasteiger partial charge < -0.3 is 9.84 Å². The second-order valence-electron chi connectivity index (χ2n) is 8.48. The number of carbonyl (C=O) groups is 2. The Morgan fingerprint density at radius 1 is 1.09 bits per heavy atom. The van der Waals surface area contributed by atoms with E-state index in [0.717, 1.165) is 10.4 Å². The number of esters is 1. The largest absolute Gasteiger partial charge is 0.506 e. The van der Waals surface area contributed by atoms with Crippen LogP contribution in [0.4, 0.5) is 0 Å². The molecule has 172 valence electrons. The molecule has 0 aliphatic carbocycles. The molecule has 3 rings (SSSR count). The first-order valence-electron chi connectivity index (χ1n) is 10.2. The monoisotopic (exact) mass is 484 g/mol. The lowest BCUT2D eigenvalue weighted by Crippen LogP contribution is -2.19. The number of rotatable bonds is 5. The minimum atomic E-state index is -0.586. The average molecular weight is 485 g/mol. The molecule has 6 nitrogen and oxygen atoms in total. The van der Waals surface area contributed by atoms with E-state index in [9.17, 15) is 14.7 Å². The summed E-state index contributed by atoms with van der Waals surface area (Å²) in [6.07, 6.45) is 0. The SMILES string of the molecule is COC(=O)c1ccc(C(=O)NN=C(C)c2csc(-c3ccc(C(C)(C)C)cc3)c2O)cc1Cl. The number of aromatic hydroxyl groups is 1. The van der Waals surface area contributed by atoms with Gasteiger partial charge in [-0.1, -0.05) is 56.6 Å². The van der Waals surface area contributed by atoms with Crippen molar-refractivity contribution in [3.05, 3.63) is 75.1 Å². The summed E-state index contributed by atoms with van der Waals surface area (Å²) in [7, 11) is 1.25. The Hall–Kier alpha value is -3.16. The third-order valence-electron chi connectivity index (χ3n) is 5.13. The van der Waals surface area contributed by atoms with Gasteiger partial charge in [-0.05, 0) is 41.7 Å². The van der Waals surface area contributed by atoms with Crippen molar-refractivity contribution in [1.82, 2.24) is 5.43 Å². The smallest absolute Gasteiger partial charge is 0.339 e. The Morgan fingerprint density at radius 2 is 1.76 bits per heavy atom. The van der Waals surface area contributed by atoms with Crippen LogP contribution in [0.15, 0.2) is 52.9 Å². The zero-order valence-corrected chi connectivity index (χ0v) is 20.6. The van der Waals surface area contributed by atoms with Crippen LogP contribution in [0.25, 0.3) is 10.4 Å². The maximum atomic E-state index is 12.5. The Labute approximate surface area is 201 Å². The van der Waals surface area contributed by atoms with Gasteiger partial charge in [0, 0.05) is 10.9 Å². The van der Waals surface area contributed by atoms with E-state index in [2.05, 4.69) is 48.2 Å². The number of hydrazone groups is 1. The molecular formula is C25H25ClN2O4S. The number of hydrogen-bond donors (Lipinski definition) is 2. The minimum Gasteiger partial charge on any atom is -0.506 e. The predicted molar refractivity (Wildman–Crippen MR) is 133 cm³/mol. The number of nitrogens with one attached hydrogen (secondary N) is 1. The van der Waals surface area contributed by atoms with Crippen molar-refractivity contribution in [3.63, 3.8) is 0 Å². The first-order valence-corrected chi connectivity index (χ1v) is 11.4. The van der Waals surface area contributed by atoms with Crippen molar-refractivity contribution in [2.45, 2.75) is 33.1 Å². The highest BCUT2D eigenvalue weighted by Crippen LogP contribution is 2.39. The van der Waals surface area contributed by atoms with Crippen molar-refractivity contribution < 1.29 is 19.4 Å². The number of ether oxygens (including phenoxy) is 1. The molecule has 0 radical (unpaired) electrons. The molecule has 0 spiro atoms. The quantitative estimate of drug-likeness (QED) is 0.263. The van der Waals surface area contributed by atoms with Crippen LogP contribution in [-0.2, 0) is 10.2 Å². The summed E-state index contributed by atoms with van der Waals surface area (Å²) >= 11 is 7.48. The van der Waals surface area contributed by atoms with Gasteiger partial charge in [-0.3, -0.25) is 4.79 Å². The molecule has 1 amide bonds. The van der Waals surface area contributed by atoms with Crippen molar-refractivity contribution in [3.8, 4) is 16.2 Å². The number of thiophene rings is 1. The fourth-order valence-corrected chi connectivity index (χ4v) is 4.40. The second-order valence-corrected chi connectivity index (χ2v) is 9.77. The highest BCUT2D eigenvalue weighted by Gasteiger charge is 2.18. The van der Waals surface area contributed by atoms with Crippen LogP contribution in [0.2, 0.25) is 5.02 Å². The summed E-state index contributed by atoms with van der Waals surface area (Å²) in [5.74, 6) is -0.970. The van der Waals surface area contributed by atoms with E-state index >= 15 is 0 Å². The van der Waals surface area contributed by atoms with E-state index in [4.69, 9.17) is 11.6 Å². The van der Waals surface area contributed by atoms with E-state index in [1.807, 2.05) is 12.1 Å². The summed E-state index contributed by atoms with van der Waals surface area (Å²) in [4.78, 5) is 24.8. The Balaban J connectivity index is 1.77. The first kappa shape index (κ1) is 24.5. The topological polar surface area (TPSA) is 88.0 Å². The van der Waals surface area contributed by atoms with E-state index < -0.39 is 11.9 Å². The van der Waals surface area contributed by atoms with Gasteiger partial charge >= 0.3 is 5.97 Å². The summed E-state index contributed by atoms with van der Waals surface area (Å²) < 4.78 is 4.64. The molecule has 33 heavy (non-hydrogen) atoms. The molecule has 3 aromatic rings. The van der Waals surface area contributed by atoms with Crippen LogP contribution in [0, 0.1) is 0 Å². The van der Waals surface area contributed by atoms with Crippen molar-refractivity contribution in [2.75, 3.05) is 7.11 Å². The van der Waals surface area contributed by atoms with E-state index in [-0.39, 0.29) is 27.3 Å². The minimum absolute atomic E-state index is 0.0481. The van der Waals surface area contributed by atoms with Crippen LogP contribution in [-0.4, -0.2) is 29.8 Å². The summed E-state index contributed by atoms with van der Waals surface area (Å²) in [5.41, 5.74) is 6.02. The van der Waals surface area contributed by atoms with Gasteiger partial charge in [0.1, 0.15) is 5.75 Å². The maximum absolute atomic E-state index is 12.5. The summed E-state index contributed by atoms with van der Waals surface area (Å²) in [6, 6.07) is 12.4. The van der Waals surface area contributed by atoms with Crippen molar-refractivity contribution in [2.24, 2.45) is 5.10 Å². The number of benzene rings is 2. The van der Waals surface area contributed by atoms with Gasteiger partial charge in [0.2, 0.25) is 0 Å². The molecule has 0 bridgehead atoms. The molecule has 0 aliphatic heterocycles. The van der Waals surface area contributed by atoms with Crippen LogP contribution >= 0.6 is 22.9 Å². The lowest BCUT2D eigenvalue weighted by molar-refractivity contribution is 0.0600. The molecule has 0 fully saturated rings. The summed E-state index contributed by atoms with van der Waals surface area (Å²) in [6.45, 7) is 8.15. The Morgan fingerprint density at radius 3 is 2.33 bits per heavy atom. The standard InChI is InChI=1S/C25H25ClN2O4S/c1-14(27-28-23(30)16-8-11-18(20(26)12-16)24(31)32-5)19-13-33-22(21(19)29)15-6-9-17(10-7-15)25(2,3)4/h6-13,29H,1-5H3,(H,28,30). The van der Waals surface area contributed by atoms with E-state index in [0.29, 0.717) is 11.3 Å². The number of amides is 1. The van der Waals surface area contributed by atoms with Crippen LogP contribution in [0.3, 0.4) is 0 Å². The molecule has 0 aliphatic rings. The fraction of sp³-hybridized carbons (Fsp3) is 0.240. The number of hydrogen-bond acceptors (Lipinski definition) is 6. The number of methoxy groups -OCH3 is 1. The van der Waals surface area contributed by atoms with Crippen LogP contribution < -0.4 is 5.43 Å². The molecule has 2 N–H and O–H groups in total. The molecule has 0 saturated carbocycles. The van der Waals surface area contributed by atoms with Crippen molar-refractivity contribution >= 4 is 40.5 Å². The lowest BCUT2D eigenvalue weighted by atomic mass is 9.86. The lowest BCUT2D eigenvalue weighted by Gasteiger charge is -2.19. The zero-order chi connectivity index (χ0) is 24.3. The molecule has 2 aromatic carbocycles. The van der Waals surface area contributed by atoms with Gasteiger partial charge in [0.05, 0.1) is 33.8 Å². The van der Waals surface area contributed by atoms with Gasteiger partial charge in [-0.15, -0.1) is 11.3 Å². The molecule has 0 unspecified atom stereocenters. The van der Waals surface area contributed by atoms with Gasteiger partial charge in [0.15, 0.2) is 0 Å². The maximum Gasteiger partial charge on any atom is 0.339 e. The highest BCUT2D eigenvalue weighted by atomic mass is 35.5. The van der Waals surface area contributed by atoms with E-state index in [1.54, 1.807) is 12.3 Å². The molecule has 8 heteroatoms. The molecular weight excluding hydrogens is 460 g/mol. The Kier molecular flexibility index (Phi) is 7.25. The first-order chi connectivity index (χ1) is 15.5. The Bertz CT molecular complexity index is 1220.